The zero-order valence-electron chi connectivity index (χ0n) is 25.2. The van der Waals surface area contributed by atoms with Crippen LogP contribution in [0.4, 0.5) is 10.2 Å². The third kappa shape index (κ3) is 8.38. The molecule has 1 aromatic heterocycles. The van der Waals surface area contributed by atoms with Gasteiger partial charge in [0.25, 0.3) is 5.91 Å². The van der Waals surface area contributed by atoms with Crippen molar-refractivity contribution in [2.24, 2.45) is 11.8 Å². The number of amides is 1. The molecule has 0 spiro atoms. The maximum Gasteiger partial charge on any atom is 0.257 e. The first kappa shape index (κ1) is 32.1. The molecule has 1 amide bonds. The lowest BCUT2D eigenvalue weighted by molar-refractivity contribution is 0.0713. The second-order valence-electron chi connectivity index (χ2n) is 11.6. The van der Waals surface area contributed by atoms with Crippen LogP contribution in [0.1, 0.15) is 70.2 Å². The van der Waals surface area contributed by atoms with Gasteiger partial charge >= 0.3 is 0 Å². The molecule has 2 fully saturated rings. The van der Waals surface area contributed by atoms with E-state index in [0.29, 0.717) is 29.9 Å². The predicted octanol–water partition coefficient (Wildman–Crippen LogP) is 4.19. The van der Waals surface area contributed by atoms with Gasteiger partial charge in [-0.25, -0.2) is 27.5 Å². The van der Waals surface area contributed by atoms with Crippen molar-refractivity contribution in [2.75, 3.05) is 43.4 Å². The fraction of sp³-hybridized carbons (Fsp3) is 0.633. The molecule has 1 atom stereocenters. The minimum atomic E-state index is -3.15. The van der Waals surface area contributed by atoms with E-state index in [-0.39, 0.29) is 35.1 Å². The van der Waals surface area contributed by atoms with Gasteiger partial charge in [-0.15, -0.1) is 0 Å². The number of carbonyl (C=O) groups excluding carboxylic acids is 1. The van der Waals surface area contributed by atoms with Crippen molar-refractivity contribution in [2.45, 2.75) is 71.9 Å². The molecule has 2 aliphatic rings. The van der Waals surface area contributed by atoms with E-state index in [1.165, 1.54) is 24.5 Å². The molecule has 1 saturated carbocycles. The van der Waals surface area contributed by atoms with E-state index in [1.54, 1.807) is 18.0 Å². The number of ether oxygens (including phenoxy) is 1. The van der Waals surface area contributed by atoms with E-state index in [9.17, 15) is 17.6 Å². The molecule has 0 radical (unpaired) electrons. The zero-order valence-corrected chi connectivity index (χ0v) is 26.0. The lowest BCUT2D eigenvalue weighted by Gasteiger charge is -2.29. The number of aromatic nitrogens is 2. The van der Waals surface area contributed by atoms with Crippen LogP contribution in [0.2, 0.25) is 0 Å². The zero-order chi connectivity index (χ0) is 30.3. The molecule has 1 aliphatic heterocycles. The molecule has 10 nitrogen and oxygen atoms in total. The number of carbonyl (C=O) groups is 1. The summed E-state index contributed by atoms with van der Waals surface area (Å²) in [6, 6.07) is 4.01. The van der Waals surface area contributed by atoms with Crippen molar-refractivity contribution in [1.82, 2.24) is 24.9 Å². The van der Waals surface area contributed by atoms with Crippen LogP contribution in [0.5, 0.6) is 11.5 Å². The Hall–Kier alpha value is -2.83. The highest BCUT2D eigenvalue weighted by Crippen LogP contribution is 2.35. The lowest BCUT2D eigenvalue weighted by Crippen LogP contribution is -2.40. The van der Waals surface area contributed by atoms with Gasteiger partial charge in [0, 0.05) is 31.7 Å². The second-order valence-corrected chi connectivity index (χ2v) is 13.7. The van der Waals surface area contributed by atoms with Crippen molar-refractivity contribution in [1.29, 1.82) is 0 Å². The molecule has 12 heteroatoms. The smallest absolute Gasteiger partial charge is 0.257 e. The maximum absolute atomic E-state index is 14.2. The first-order valence-corrected chi connectivity index (χ1v) is 16.8. The van der Waals surface area contributed by atoms with Gasteiger partial charge in [-0.3, -0.25) is 4.79 Å². The monoisotopic (exact) mass is 604 g/mol. The van der Waals surface area contributed by atoms with E-state index in [1.807, 2.05) is 20.8 Å². The van der Waals surface area contributed by atoms with Crippen LogP contribution in [0, 0.1) is 17.7 Å². The SMILES string of the molecule is CCN(C(=O)c1cc(F)ccc1Oc1cncnc1N1CC[C@@H](CNC[C@H]2CC[C@H](NS(=O)(=O)CC)CC2)C1)C(C)C. The van der Waals surface area contributed by atoms with Gasteiger partial charge in [-0.05, 0) is 103 Å². The van der Waals surface area contributed by atoms with E-state index in [4.69, 9.17) is 4.74 Å². The van der Waals surface area contributed by atoms with Crippen molar-refractivity contribution in [3.63, 3.8) is 0 Å². The molecule has 1 saturated heterocycles. The fourth-order valence-electron chi connectivity index (χ4n) is 5.90. The van der Waals surface area contributed by atoms with Gasteiger partial charge in [0.2, 0.25) is 10.0 Å². The Morgan fingerprint density at radius 1 is 1.12 bits per heavy atom. The summed E-state index contributed by atoms with van der Waals surface area (Å²) in [5.74, 6) is 1.67. The molecular weight excluding hydrogens is 559 g/mol. The van der Waals surface area contributed by atoms with E-state index < -0.39 is 15.8 Å². The molecule has 1 aliphatic carbocycles. The van der Waals surface area contributed by atoms with Gasteiger partial charge in [0.15, 0.2) is 11.6 Å². The normalized spacial score (nSPS) is 21.1. The minimum Gasteiger partial charge on any atom is -0.451 e. The first-order valence-electron chi connectivity index (χ1n) is 15.1. The molecule has 2 heterocycles. The third-order valence-electron chi connectivity index (χ3n) is 8.30. The largest absolute Gasteiger partial charge is 0.451 e. The van der Waals surface area contributed by atoms with Crippen LogP contribution in [0.3, 0.4) is 0 Å². The molecule has 42 heavy (non-hydrogen) atoms. The van der Waals surface area contributed by atoms with Crippen LogP contribution >= 0.6 is 0 Å². The second kappa shape index (κ2) is 14.6. The number of halogens is 1. The van der Waals surface area contributed by atoms with Gasteiger partial charge in [0.05, 0.1) is 17.5 Å². The van der Waals surface area contributed by atoms with Gasteiger partial charge in [-0.2, -0.15) is 0 Å². The van der Waals surface area contributed by atoms with Gasteiger partial charge in [0.1, 0.15) is 17.9 Å². The Morgan fingerprint density at radius 3 is 2.55 bits per heavy atom. The van der Waals surface area contributed by atoms with E-state index >= 15 is 0 Å². The summed E-state index contributed by atoms with van der Waals surface area (Å²) in [5, 5.41) is 3.64. The van der Waals surface area contributed by atoms with E-state index in [0.717, 1.165) is 58.3 Å². The highest BCUT2D eigenvalue weighted by molar-refractivity contribution is 7.89. The summed E-state index contributed by atoms with van der Waals surface area (Å²) in [7, 11) is -3.15. The number of sulfonamides is 1. The maximum atomic E-state index is 14.2. The van der Waals surface area contributed by atoms with Crippen LogP contribution < -0.4 is 19.7 Å². The standard InChI is InChI=1S/C30H45FN6O4S/c1-5-37(21(3)4)30(38)26-15-24(31)9-12-27(26)41-28-18-33-20-34-29(28)36-14-13-23(19-36)17-32-16-22-7-10-25(11-8-22)35-42(39,40)6-2/h9,12,15,18,20-23,25,32,35H,5-8,10-11,13-14,16-17,19H2,1-4H3/t22-,23-,25-/m0/s1. The highest BCUT2D eigenvalue weighted by Gasteiger charge is 2.29. The van der Waals surface area contributed by atoms with Gasteiger partial charge in [-0.1, -0.05) is 0 Å². The van der Waals surface area contributed by atoms with Crippen LogP contribution in [-0.2, 0) is 10.0 Å². The molecule has 2 aromatic rings. The summed E-state index contributed by atoms with van der Waals surface area (Å²) >= 11 is 0. The van der Waals surface area contributed by atoms with E-state index in [2.05, 4.69) is 24.9 Å². The minimum absolute atomic E-state index is 0.0407. The summed E-state index contributed by atoms with van der Waals surface area (Å²) < 4.78 is 46.9. The van der Waals surface area contributed by atoms with Crippen molar-refractivity contribution in [3.05, 3.63) is 42.1 Å². The molecule has 0 bridgehead atoms. The highest BCUT2D eigenvalue weighted by atomic mass is 32.2. The average molecular weight is 605 g/mol. The Morgan fingerprint density at radius 2 is 1.86 bits per heavy atom. The Labute approximate surface area is 249 Å². The number of nitrogens with one attached hydrogen (secondary N) is 2. The number of anilines is 1. The predicted molar refractivity (Wildman–Crippen MR) is 162 cm³/mol. The third-order valence-corrected chi connectivity index (χ3v) is 9.75. The number of hydrogen-bond acceptors (Lipinski definition) is 8. The van der Waals surface area contributed by atoms with Crippen LogP contribution in [-0.4, -0.2) is 79.8 Å². The summed E-state index contributed by atoms with van der Waals surface area (Å²) in [5.41, 5.74) is 0.167. The Bertz CT molecular complexity index is 1300. The fourth-order valence-corrected chi connectivity index (χ4v) is 6.81. The van der Waals surface area contributed by atoms with Crippen molar-refractivity contribution < 1.29 is 22.3 Å². The molecule has 4 rings (SSSR count). The van der Waals surface area contributed by atoms with Crippen LogP contribution in [0.15, 0.2) is 30.7 Å². The molecule has 2 N–H and O–H groups in total. The number of rotatable bonds is 13. The molecular formula is C30H45FN6O4S. The number of benzene rings is 1. The first-order chi connectivity index (χ1) is 20.1. The molecule has 232 valence electrons. The average Bonchev–Trinajstić information content (AvgIpc) is 3.44. The molecule has 0 unspecified atom stereocenters. The number of nitrogens with zero attached hydrogens (tertiary/aromatic N) is 4. The summed E-state index contributed by atoms with van der Waals surface area (Å²) in [6.07, 6.45) is 7.87. The number of hydrogen-bond donors (Lipinski definition) is 2. The van der Waals surface area contributed by atoms with Crippen molar-refractivity contribution >= 4 is 21.7 Å². The summed E-state index contributed by atoms with van der Waals surface area (Å²) in [4.78, 5) is 25.8. The lowest BCUT2D eigenvalue weighted by atomic mass is 9.86. The summed E-state index contributed by atoms with van der Waals surface area (Å²) in [6.45, 7) is 11.3. The molecule has 1 aromatic carbocycles. The van der Waals surface area contributed by atoms with Crippen LogP contribution in [0.25, 0.3) is 0 Å². The Balaban J connectivity index is 1.33. The topological polar surface area (TPSA) is 117 Å². The Kier molecular flexibility index (Phi) is 11.1. The quantitative estimate of drug-likeness (QED) is 0.350. The van der Waals surface area contributed by atoms with Gasteiger partial charge < -0.3 is 19.9 Å². The van der Waals surface area contributed by atoms with Crippen molar-refractivity contribution in [3.8, 4) is 11.5 Å².